The zero-order valence-corrected chi connectivity index (χ0v) is 20.1. The van der Waals surface area contributed by atoms with Crippen molar-refractivity contribution in [3.8, 4) is 22.4 Å². The Morgan fingerprint density at radius 3 is 2.53 bits per heavy atom. The lowest BCUT2D eigenvalue weighted by Gasteiger charge is -2.26. The summed E-state index contributed by atoms with van der Waals surface area (Å²) in [4.78, 5) is 20.8. The largest absolute Gasteiger partial charge is 0.481 e. The number of anilines is 1. The Bertz CT molecular complexity index is 1390. The molecule has 1 fully saturated rings. The second kappa shape index (κ2) is 8.79. The number of nitrogens with two attached hydrogens (primary N) is 1. The summed E-state index contributed by atoms with van der Waals surface area (Å²) < 4.78 is 15.9. The van der Waals surface area contributed by atoms with Crippen molar-refractivity contribution in [3.63, 3.8) is 0 Å². The summed E-state index contributed by atoms with van der Waals surface area (Å²) in [6, 6.07) is 8.77. The van der Waals surface area contributed by atoms with E-state index in [1.165, 1.54) is 6.07 Å². The fourth-order valence-electron chi connectivity index (χ4n) is 4.63. The summed E-state index contributed by atoms with van der Waals surface area (Å²) >= 11 is 3.59. The number of halogens is 2. The average molecular weight is 524 g/mol. The van der Waals surface area contributed by atoms with Crippen molar-refractivity contribution < 1.29 is 14.3 Å². The van der Waals surface area contributed by atoms with Crippen LogP contribution in [0.25, 0.3) is 28.0 Å². The Hall–Kier alpha value is -3.33. The highest BCUT2D eigenvalue weighted by Crippen LogP contribution is 2.40. The topological polar surface area (TPSA) is 106 Å². The predicted octanol–water partition coefficient (Wildman–Crippen LogP) is 5.61. The zero-order chi connectivity index (χ0) is 24.0. The van der Waals surface area contributed by atoms with Gasteiger partial charge < -0.3 is 10.8 Å². The van der Waals surface area contributed by atoms with Gasteiger partial charge in [-0.1, -0.05) is 6.07 Å². The molecule has 5 rings (SSSR count). The highest BCUT2D eigenvalue weighted by atomic mass is 79.9. The van der Waals surface area contributed by atoms with Crippen LogP contribution in [0.2, 0.25) is 0 Å². The smallest absolute Gasteiger partial charge is 0.306 e. The Labute approximate surface area is 204 Å². The summed E-state index contributed by atoms with van der Waals surface area (Å²) in [5.41, 5.74) is 11.7. The van der Waals surface area contributed by atoms with Crippen LogP contribution < -0.4 is 5.73 Å². The number of carboxylic acids is 1. The van der Waals surface area contributed by atoms with Gasteiger partial charge in [-0.25, -0.2) is 9.37 Å². The van der Waals surface area contributed by atoms with Crippen molar-refractivity contribution in [2.45, 2.75) is 38.5 Å². The van der Waals surface area contributed by atoms with E-state index in [1.807, 2.05) is 12.1 Å². The first-order chi connectivity index (χ1) is 16.3. The van der Waals surface area contributed by atoms with Crippen molar-refractivity contribution in [2.24, 2.45) is 5.92 Å². The number of rotatable bonds is 4. The van der Waals surface area contributed by atoms with Crippen LogP contribution in [0.4, 0.5) is 10.2 Å². The molecule has 3 N–H and O–H groups in total. The van der Waals surface area contributed by atoms with E-state index in [0.717, 1.165) is 40.9 Å². The van der Waals surface area contributed by atoms with Crippen LogP contribution in [0.1, 0.15) is 42.9 Å². The van der Waals surface area contributed by atoms with Crippen LogP contribution in [0.15, 0.2) is 47.2 Å². The van der Waals surface area contributed by atoms with Crippen LogP contribution in [0.5, 0.6) is 0 Å². The van der Waals surface area contributed by atoms with Crippen LogP contribution in [-0.4, -0.2) is 30.7 Å². The standard InChI is InChI=1S/C25H23BrFN5O2/c1-13-10-16(6-8-19(13)27)20-9-7-17(11-29-20)18-12-30-32-23(28)21(26)22(31-24(18)32)14-2-4-15(5-3-14)25(33)34/h6-12,14-15H,2-5,28H2,1H3,(H,33,34). The second-order valence-corrected chi connectivity index (χ2v) is 9.57. The van der Waals surface area contributed by atoms with Gasteiger partial charge in [0.05, 0.1) is 28.0 Å². The Balaban J connectivity index is 1.50. The van der Waals surface area contributed by atoms with E-state index >= 15 is 0 Å². The minimum atomic E-state index is -0.731. The molecule has 3 aromatic heterocycles. The van der Waals surface area contributed by atoms with Crippen LogP contribution in [0.3, 0.4) is 0 Å². The zero-order valence-electron chi connectivity index (χ0n) is 18.5. The Morgan fingerprint density at radius 1 is 1.15 bits per heavy atom. The molecule has 1 aliphatic carbocycles. The van der Waals surface area contributed by atoms with Crippen LogP contribution >= 0.6 is 15.9 Å². The molecule has 0 unspecified atom stereocenters. The minimum absolute atomic E-state index is 0.127. The lowest BCUT2D eigenvalue weighted by atomic mass is 9.80. The van der Waals surface area contributed by atoms with E-state index in [1.54, 1.807) is 36.0 Å². The molecule has 1 aliphatic rings. The Morgan fingerprint density at radius 2 is 1.88 bits per heavy atom. The fraction of sp³-hybridized carbons (Fsp3) is 0.280. The summed E-state index contributed by atoms with van der Waals surface area (Å²) in [7, 11) is 0. The first kappa shape index (κ1) is 22.5. The summed E-state index contributed by atoms with van der Waals surface area (Å²) in [5.74, 6) is -0.685. The summed E-state index contributed by atoms with van der Waals surface area (Å²) in [6.07, 6.45) is 6.21. The normalized spacial score (nSPS) is 18.3. The number of nitrogen functional groups attached to an aromatic ring is 1. The lowest BCUT2D eigenvalue weighted by molar-refractivity contribution is -0.142. The Kier molecular flexibility index (Phi) is 5.81. The summed E-state index contributed by atoms with van der Waals surface area (Å²) in [6.45, 7) is 1.73. The first-order valence-electron chi connectivity index (χ1n) is 11.1. The number of aliphatic carboxylic acids is 1. The molecule has 0 aliphatic heterocycles. The third-order valence-electron chi connectivity index (χ3n) is 6.64. The maximum absolute atomic E-state index is 13.6. The van der Waals surface area contributed by atoms with Gasteiger partial charge in [-0.3, -0.25) is 9.78 Å². The van der Waals surface area contributed by atoms with E-state index in [4.69, 9.17) is 10.7 Å². The first-order valence-corrected chi connectivity index (χ1v) is 11.9. The van der Waals surface area contributed by atoms with Crippen molar-refractivity contribution >= 4 is 33.4 Å². The number of fused-ring (bicyclic) bond motifs is 1. The van der Waals surface area contributed by atoms with Crippen molar-refractivity contribution in [3.05, 3.63) is 64.3 Å². The number of hydrogen-bond acceptors (Lipinski definition) is 5. The molecular weight excluding hydrogens is 501 g/mol. The van der Waals surface area contributed by atoms with Gasteiger partial charge in [-0.15, -0.1) is 0 Å². The number of nitrogens with zero attached hydrogens (tertiary/aromatic N) is 4. The van der Waals surface area contributed by atoms with Crippen molar-refractivity contribution in [1.29, 1.82) is 0 Å². The van der Waals surface area contributed by atoms with Gasteiger partial charge in [-0.05, 0) is 78.4 Å². The molecule has 1 saturated carbocycles. The predicted molar refractivity (Wildman–Crippen MR) is 131 cm³/mol. The molecule has 4 aromatic rings. The monoisotopic (exact) mass is 523 g/mol. The average Bonchev–Trinajstić information content (AvgIpc) is 3.27. The van der Waals surface area contributed by atoms with Crippen molar-refractivity contribution in [1.82, 2.24) is 19.6 Å². The van der Waals surface area contributed by atoms with E-state index < -0.39 is 5.97 Å². The van der Waals surface area contributed by atoms with Gasteiger partial charge in [-0.2, -0.15) is 9.61 Å². The molecule has 1 aromatic carbocycles. The van der Waals surface area contributed by atoms with Crippen LogP contribution in [-0.2, 0) is 4.79 Å². The maximum atomic E-state index is 13.6. The van der Waals surface area contributed by atoms with E-state index in [-0.39, 0.29) is 17.7 Å². The number of hydrogen-bond donors (Lipinski definition) is 2. The van der Waals surface area contributed by atoms with Gasteiger partial charge in [0.1, 0.15) is 11.6 Å². The molecule has 0 atom stereocenters. The summed E-state index contributed by atoms with van der Waals surface area (Å²) in [5, 5.41) is 13.7. The molecule has 9 heteroatoms. The van der Waals surface area contributed by atoms with Gasteiger partial charge in [0.2, 0.25) is 0 Å². The highest BCUT2D eigenvalue weighted by Gasteiger charge is 2.30. The van der Waals surface area contributed by atoms with E-state index in [0.29, 0.717) is 34.3 Å². The molecule has 0 bridgehead atoms. The molecule has 3 heterocycles. The number of aromatic nitrogens is 4. The number of aryl methyl sites for hydroxylation is 1. The SMILES string of the molecule is Cc1cc(-c2ccc(-c3cnn4c(N)c(Br)c(C5CCC(C(=O)O)CC5)nc34)cn2)ccc1F. The second-order valence-electron chi connectivity index (χ2n) is 8.77. The van der Waals surface area contributed by atoms with E-state index in [2.05, 4.69) is 26.0 Å². The maximum Gasteiger partial charge on any atom is 0.306 e. The van der Waals surface area contributed by atoms with Gasteiger partial charge in [0.15, 0.2) is 5.65 Å². The molecule has 0 spiro atoms. The fourth-order valence-corrected chi connectivity index (χ4v) is 5.21. The molecule has 0 radical (unpaired) electrons. The van der Waals surface area contributed by atoms with Crippen LogP contribution in [0, 0.1) is 18.7 Å². The number of carbonyl (C=O) groups is 1. The molecule has 174 valence electrons. The third kappa shape index (κ3) is 3.94. The van der Waals surface area contributed by atoms with Gasteiger partial charge in [0, 0.05) is 28.8 Å². The number of benzene rings is 1. The third-order valence-corrected chi connectivity index (χ3v) is 7.45. The molecule has 0 saturated heterocycles. The molecule has 7 nitrogen and oxygen atoms in total. The highest BCUT2D eigenvalue weighted by molar-refractivity contribution is 9.10. The number of carboxylic acid groups (broad SMARTS) is 1. The molecule has 0 amide bonds. The van der Waals surface area contributed by atoms with Crippen molar-refractivity contribution in [2.75, 3.05) is 5.73 Å². The van der Waals surface area contributed by atoms with Gasteiger partial charge in [0.25, 0.3) is 0 Å². The quantitative estimate of drug-likeness (QED) is 0.360. The molecule has 34 heavy (non-hydrogen) atoms. The lowest BCUT2D eigenvalue weighted by Crippen LogP contribution is -2.21. The number of pyridine rings is 1. The van der Waals surface area contributed by atoms with Gasteiger partial charge >= 0.3 is 5.97 Å². The van der Waals surface area contributed by atoms with E-state index in [9.17, 15) is 14.3 Å². The molecular formula is C25H23BrFN5O2. The minimum Gasteiger partial charge on any atom is -0.481 e.